The first kappa shape index (κ1) is 14.3. The second-order valence-corrected chi connectivity index (χ2v) is 4.65. The third-order valence-corrected chi connectivity index (χ3v) is 3.16. The Morgan fingerprint density at radius 2 is 1.95 bits per heavy atom. The highest BCUT2D eigenvalue weighted by Gasteiger charge is 2.39. The summed E-state index contributed by atoms with van der Waals surface area (Å²) in [5.41, 5.74) is 5.33. The van der Waals surface area contributed by atoms with Gasteiger partial charge < -0.3 is 15.2 Å². The maximum atomic E-state index is 12.5. The molecule has 1 fully saturated rings. The first-order valence-corrected chi connectivity index (χ1v) is 6.05. The molecule has 0 amide bonds. The normalized spacial score (nSPS) is 27.7. The molecule has 0 radical (unpaired) electrons. The van der Waals surface area contributed by atoms with Crippen molar-refractivity contribution < 1.29 is 22.6 Å². The summed E-state index contributed by atoms with van der Waals surface area (Å²) in [5, 5.41) is 0. The van der Waals surface area contributed by atoms with Gasteiger partial charge in [0.1, 0.15) is 0 Å². The van der Waals surface area contributed by atoms with Gasteiger partial charge >= 0.3 is 6.18 Å². The molecule has 0 aliphatic carbocycles. The summed E-state index contributed by atoms with van der Waals surface area (Å²) < 4.78 is 48.7. The number of benzene rings is 1. The van der Waals surface area contributed by atoms with Crippen LogP contribution in [-0.4, -0.2) is 19.3 Å². The largest absolute Gasteiger partial charge is 0.416 e. The molecule has 1 heterocycles. The molecule has 19 heavy (non-hydrogen) atoms. The lowest BCUT2D eigenvalue weighted by Crippen LogP contribution is -2.24. The molecular weight excluding hydrogens is 259 g/mol. The first-order valence-electron chi connectivity index (χ1n) is 6.05. The van der Waals surface area contributed by atoms with Crippen LogP contribution in [0.15, 0.2) is 24.3 Å². The van der Waals surface area contributed by atoms with E-state index in [4.69, 9.17) is 15.2 Å². The van der Waals surface area contributed by atoms with E-state index in [-0.39, 0.29) is 6.10 Å². The van der Waals surface area contributed by atoms with Crippen molar-refractivity contribution in [3.63, 3.8) is 0 Å². The minimum atomic E-state index is -4.33. The molecule has 0 bridgehead atoms. The monoisotopic (exact) mass is 275 g/mol. The molecule has 106 valence electrons. The van der Waals surface area contributed by atoms with E-state index in [9.17, 15) is 13.2 Å². The van der Waals surface area contributed by atoms with E-state index in [1.54, 1.807) is 6.92 Å². The molecule has 2 rings (SSSR count). The highest BCUT2D eigenvalue weighted by atomic mass is 19.4. The zero-order chi connectivity index (χ0) is 14.1. The number of alkyl halides is 3. The van der Waals surface area contributed by atoms with Gasteiger partial charge in [-0.15, -0.1) is 0 Å². The fraction of sp³-hybridized carbons (Fsp3) is 0.538. The van der Waals surface area contributed by atoms with Crippen LogP contribution in [0.25, 0.3) is 0 Å². The van der Waals surface area contributed by atoms with Gasteiger partial charge in [-0.2, -0.15) is 13.2 Å². The third kappa shape index (κ3) is 3.08. The summed E-state index contributed by atoms with van der Waals surface area (Å²) in [6.07, 6.45) is -3.79. The minimum absolute atomic E-state index is 0.114. The number of hydrogen-bond acceptors (Lipinski definition) is 3. The molecule has 1 aliphatic heterocycles. The van der Waals surface area contributed by atoms with Crippen LogP contribution in [0.1, 0.15) is 24.5 Å². The second-order valence-electron chi connectivity index (χ2n) is 4.65. The standard InChI is InChI=1S/C13H16F3NO2/c1-12(18-8-11(19-12)6-7-17)9-2-4-10(5-3-9)13(14,15)16/h2-5,11H,6-8,17H2,1H3. The lowest BCUT2D eigenvalue weighted by molar-refractivity contribution is -0.162. The topological polar surface area (TPSA) is 44.5 Å². The quantitative estimate of drug-likeness (QED) is 0.922. The van der Waals surface area contributed by atoms with Gasteiger partial charge in [0.15, 0.2) is 5.79 Å². The third-order valence-electron chi connectivity index (χ3n) is 3.16. The zero-order valence-corrected chi connectivity index (χ0v) is 10.5. The summed E-state index contributed by atoms with van der Waals surface area (Å²) in [6.45, 7) is 2.58. The predicted molar refractivity (Wildman–Crippen MR) is 63.3 cm³/mol. The predicted octanol–water partition coefficient (Wildman–Crippen LogP) is 2.64. The second kappa shape index (κ2) is 5.11. The minimum Gasteiger partial charge on any atom is -0.343 e. The lowest BCUT2D eigenvalue weighted by Gasteiger charge is -2.24. The van der Waals surface area contributed by atoms with Crippen LogP contribution in [0.5, 0.6) is 0 Å². The number of hydrogen-bond donors (Lipinski definition) is 1. The highest BCUT2D eigenvalue weighted by Crippen LogP contribution is 2.36. The number of halogens is 3. The van der Waals surface area contributed by atoms with E-state index in [0.717, 1.165) is 12.1 Å². The van der Waals surface area contributed by atoms with Crippen LogP contribution >= 0.6 is 0 Å². The summed E-state index contributed by atoms with van der Waals surface area (Å²) >= 11 is 0. The fourth-order valence-corrected chi connectivity index (χ4v) is 2.08. The van der Waals surface area contributed by atoms with Gasteiger partial charge in [-0.3, -0.25) is 0 Å². The summed E-state index contributed by atoms with van der Waals surface area (Å²) in [5.74, 6) is -0.996. The molecule has 1 saturated heterocycles. The summed E-state index contributed by atoms with van der Waals surface area (Å²) in [7, 11) is 0. The van der Waals surface area contributed by atoms with E-state index in [1.165, 1.54) is 12.1 Å². The Balaban J connectivity index is 2.14. The Morgan fingerprint density at radius 3 is 2.47 bits per heavy atom. The molecule has 1 aromatic carbocycles. The van der Waals surface area contributed by atoms with Gasteiger partial charge in [0, 0.05) is 5.56 Å². The molecular formula is C13H16F3NO2. The molecule has 6 heteroatoms. The van der Waals surface area contributed by atoms with E-state index in [1.807, 2.05) is 0 Å². The van der Waals surface area contributed by atoms with Crippen LogP contribution in [0.3, 0.4) is 0 Å². The number of ether oxygens (including phenoxy) is 2. The van der Waals surface area contributed by atoms with E-state index in [0.29, 0.717) is 25.1 Å². The van der Waals surface area contributed by atoms with Gasteiger partial charge in [0.05, 0.1) is 18.3 Å². The molecule has 2 unspecified atom stereocenters. The van der Waals surface area contributed by atoms with E-state index < -0.39 is 17.5 Å². The molecule has 0 saturated carbocycles. The Morgan fingerprint density at radius 1 is 1.32 bits per heavy atom. The average molecular weight is 275 g/mol. The molecule has 1 aliphatic rings. The lowest BCUT2D eigenvalue weighted by atomic mass is 10.1. The molecule has 0 aromatic heterocycles. The van der Waals surface area contributed by atoms with Gasteiger partial charge in [0.2, 0.25) is 0 Å². The maximum Gasteiger partial charge on any atom is 0.416 e. The Hall–Kier alpha value is -1.11. The van der Waals surface area contributed by atoms with Crippen molar-refractivity contribution in [2.45, 2.75) is 31.4 Å². The molecule has 3 nitrogen and oxygen atoms in total. The van der Waals surface area contributed by atoms with E-state index >= 15 is 0 Å². The van der Waals surface area contributed by atoms with Crippen LogP contribution in [0, 0.1) is 0 Å². The molecule has 2 atom stereocenters. The van der Waals surface area contributed by atoms with Crippen LogP contribution in [0.2, 0.25) is 0 Å². The zero-order valence-electron chi connectivity index (χ0n) is 10.5. The number of rotatable bonds is 3. The number of nitrogens with two attached hydrogens (primary N) is 1. The molecule has 2 N–H and O–H groups in total. The van der Waals surface area contributed by atoms with Gasteiger partial charge in [-0.05, 0) is 32.0 Å². The van der Waals surface area contributed by atoms with Crippen LogP contribution in [-0.2, 0) is 21.4 Å². The van der Waals surface area contributed by atoms with Crippen molar-refractivity contribution in [3.8, 4) is 0 Å². The van der Waals surface area contributed by atoms with Crippen molar-refractivity contribution >= 4 is 0 Å². The highest BCUT2D eigenvalue weighted by molar-refractivity contribution is 5.27. The van der Waals surface area contributed by atoms with Crippen molar-refractivity contribution in [2.75, 3.05) is 13.2 Å². The SMILES string of the molecule is CC1(c2ccc(C(F)(F)F)cc2)OCC(CCN)O1. The Labute approximate surface area is 109 Å². The average Bonchev–Trinajstić information content (AvgIpc) is 2.72. The molecule has 1 aromatic rings. The maximum absolute atomic E-state index is 12.5. The first-order chi connectivity index (χ1) is 8.85. The van der Waals surface area contributed by atoms with Crippen LogP contribution in [0.4, 0.5) is 13.2 Å². The molecule has 0 spiro atoms. The smallest absolute Gasteiger partial charge is 0.343 e. The van der Waals surface area contributed by atoms with Crippen molar-refractivity contribution in [1.29, 1.82) is 0 Å². The van der Waals surface area contributed by atoms with Gasteiger partial charge in [0.25, 0.3) is 0 Å². The Kier molecular flexibility index (Phi) is 3.85. The van der Waals surface area contributed by atoms with E-state index in [2.05, 4.69) is 0 Å². The van der Waals surface area contributed by atoms with Crippen molar-refractivity contribution in [2.24, 2.45) is 5.73 Å². The van der Waals surface area contributed by atoms with Crippen molar-refractivity contribution in [3.05, 3.63) is 35.4 Å². The van der Waals surface area contributed by atoms with Crippen molar-refractivity contribution in [1.82, 2.24) is 0 Å². The van der Waals surface area contributed by atoms with Gasteiger partial charge in [-0.25, -0.2) is 0 Å². The van der Waals surface area contributed by atoms with Gasteiger partial charge in [-0.1, -0.05) is 12.1 Å². The summed E-state index contributed by atoms with van der Waals surface area (Å²) in [6, 6.07) is 4.83. The Bertz CT molecular complexity index is 433. The fourth-order valence-electron chi connectivity index (χ4n) is 2.08. The summed E-state index contributed by atoms with van der Waals surface area (Å²) in [4.78, 5) is 0. The van der Waals surface area contributed by atoms with Crippen LogP contribution < -0.4 is 5.73 Å².